The summed E-state index contributed by atoms with van der Waals surface area (Å²) in [6.07, 6.45) is 0.445. The molecule has 134 valence electrons. The largest absolute Gasteiger partial charge is 0.465 e. The van der Waals surface area contributed by atoms with Crippen LogP contribution in [-0.2, 0) is 21.6 Å². The zero-order valence-electron chi connectivity index (χ0n) is 14.7. The van der Waals surface area contributed by atoms with E-state index in [2.05, 4.69) is 5.32 Å². The summed E-state index contributed by atoms with van der Waals surface area (Å²) in [7, 11) is 1.31. The zero-order valence-corrected chi connectivity index (χ0v) is 14.7. The lowest BCUT2D eigenvalue weighted by Gasteiger charge is -2.25. The van der Waals surface area contributed by atoms with Crippen LogP contribution in [0.4, 0.5) is 4.79 Å². The maximum absolute atomic E-state index is 13.1. The number of hydrogen-bond acceptors (Lipinski definition) is 4. The van der Waals surface area contributed by atoms with Crippen molar-refractivity contribution in [1.29, 1.82) is 0 Å². The van der Waals surface area contributed by atoms with Crippen molar-refractivity contribution in [2.45, 2.75) is 25.4 Å². The Bertz CT molecular complexity index is 850. The molecule has 1 atom stereocenters. The number of imide groups is 1. The van der Waals surface area contributed by atoms with Gasteiger partial charge in [0.1, 0.15) is 5.54 Å². The summed E-state index contributed by atoms with van der Waals surface area (Å²) in [5, 5.41) is 2.85. The molecule has 6 heteroatoms. The van der Waals surface area contributed by atoms with Crippen LogP contribution in [0, 0.1) is 0 Å². The molecule has 1 saturated heterocycles. The van der Waals surface area contributed by atoms with Crippen LogP contribution < -0.4 is 5.32 Å². The SMILES string of the molecule is CC[C@]1(c2ccccc2)NC(=O)N(Cc2cccc(C(=O)OC)c2)C1=O. The summed E-state index contributed by atoms with van der Waals surface area (Å²) in [5.41, 5.74) is 0.753. The second-order valence-corrected chi connectivity index (χ2v) is 6.14. The Morgan fingerprint density at radius 2 is 1.85 bits per heavy atom. The van der Waals surface area contributed by atoms with E-state index >= 15 is 0 Å². The third-order valence-corrected chi connectivity index (χ3v) is 4.66. The van der Waals surface area contributed by atoms with Crippen molar-refractivity contribution in [3.63, 3.8) is 0 Å². The van der Waals surface area contributed by atoms with Crippen molar-refractivity contribution >= 4 is 17.9 Å². The molecular weight excluding hydrogens is 332 g/mol. The average Bonchev–Trinajstić information content (AvgIpc) is 2.93. The van der Waals surface area contributed by atoms with E-state index in [9.17, 15) is 14.4 Å². The molecule has 1 heterocycles. The van der Waals surface area contributed by atoms with Crippen LogP contribution >= 0.6 is 0 Å². The van der Waals surface area contributed by atoms with Gasteiger partial charge in [-0.25, -0.2) is 9.59 Å². The van der Waals surface area contributed by atoms with E-state index in [1.165, 1.54) is 12.0 Å². The number of carbonyl (C=O) groups excluding carboxylic acids is 3. The van der Waals surface area contributed by atoms with E-state index in [4.69, 9.17) is 4.74 Å². The van der Waals surface area contributed by atoms with Gasteiger partial charge in [0.15, 0.2) is 0 Å². The van der Waals surface area contributed by atoms with Gasteiger partial charge >= 0.3 is 12.0 Å². The molecule has 0 aromatic heterocycles. The molecule has 1 aliphatic rings. The molecule has 0 radical (unpaired) electrons. The number of nitrogens with zero attached hydrogens (tertiary/aromatic N) is 1. The van der Waals surface area contributed by atoms with Crippen molar-refractivity contribution in [3.8, 4) is 0 Å². The highest BCUT2D eigenvalue weighted by molar-refractivity contribution is 6.07. The fourth-order valence-electron chi connectivity index (χ4n) is 3.23. The normalized spacial score (nSPS) is 19.4. The van der Waals surface area contributed by atoms with E-state index in [-0.39, 0.29) is 12.5 Å². The van der Waals surface area contributed by atoms with Gasteiger partial charge in [0.05, 0.1) is 19.2 Å². The average molecular weight is 352 g/mol. The highest BCUT2D eigenvalue weighted by Gasteiger charge is 2.51. The number of urea groups is 1. The van der Waals surface area contributed by atoms with E-state index in [0.717, 1.165) is 5.56 Å². The number of esters is 1. The molecule has 2 aromatic carbocycles. The van der Waals surface area contributed by atoms with Crippen LogP contribution in [0.15, 0.2) is 54.6 Å². The lowest BCUT2D eigenvalue weighted by Crippen LogP contribution is -2.43. The quantitative estimate of drug-likeness (QED) is 0.663. The lowest BCUT2D eigenvalue weighted by atomic mass is 9.87. The molecule has 3 rings (SSSR count). The Labute approximate surface area is 151 Å². The first kappa shape index (κ1) is 17.7. The maximum atomic E-state index is 13.1. The molecule has 6 nitrogen and oxygen atoms in total. The first-order chi connectivity index (χ1) is 12.5. The number of nitrogens with one attached hydrogen (secondary N) is 1. The summed E-state index contributed by atoms with van der Waals surface area (Å²) in [4.78, 5) is 38.5. The van der Waals surface area contributed by atoms with Gasteiger partial charge < -0.3 is 10.1 Å². The van der Waals surface area contributed by atoms with E-state index in [1.807, 2.05) is 37.3 Å². The molecule has 1 fully saturated rings. The molecule has 0 aliphatic carbocycles. The molecule has 0 bridgehead atoms. The third kappa shape index (κ3) is 2.94. The number of methoxy groups -OCH3 is 1. The van der Waals surface area contributed by atoms with Gasteiger partial charge in [0.25, 0.3) is 5.91 Å². The van der Waals surface area contributed by atoms with Gasteiger partial charge in [-0.1, -0.05) is 49.4 Å². The minimum Gasteiger partial charge on any atom is -0.465 e. The number of ether oxygens (including phenoxy) is 1. The fourth-order valence-corrected chi connectivity index (χ4v) is 3.23. The molecule has 0 unspecified atom stereocenters. The van der Waals surface area contributed by atoms with E-state index < -0.39 is 17.5 Å². The van der Waals surface area contributed by atoms with Crippen LogP contribution in [0.5, 0.6) is 0 Å². The monoisotopic (exact) mass is 352 g/mol. The van der Waals surface area contributed by atoms with Crippen molar-refractivity contribution in [3.05, 3.63) is 71.3 Å². The second-order valence-electron chi connectivity index (χ2n) is 6.14. The summed E-state index contributed by atoms with van der Waals surface area (Å²) >= 11 is 0. The predicted octanol–water partition coefficient (Wildman–Crippen LogP) is 2.83. The number of benzene rings is 2. The number of carbonyl (C=O) groups is 3. The van der Waals surface area contributed by atoms with E-state index in [0.29, 0.717) is 17.5 Å². The van der Waals surface area contributed by atoms with Crippen molar-refractivity contribution in [1.82, 2.24) is 10.2 Å². The van der Waals surface area contributed by atoms with Gasteiger partial charge in [-0.15, -0.1) is 0 Å². The second kappa shape index (κ2) is 7.00. The molecule has 1 aliphatic heterocycles. The van der Waals surface area contributed by atoms with Gasteiger partial charge in [-0.05, 0) is 29.7 Å². The fraction of sp³-hybridized carbons (Fsp3) is 0.250. The van der Waals surface area contributed by atoms with Gasteiger partial charge in [0, 0.05) is 0 Å². The Morgan fingerprint density at radius 1 is 1.12 bits per heavy atom. The van der Waals surface area contributed by atoms with Gasteiger partial charge in [0.2, 0.25) is 0 Å². The van der Waals surface area contributed by atoms with Crippen molar-refractivity contribution < 1.29 is 19.1 Å². The third-order valence-electron chi connectivity index (χ3n) is 4.66. The highest BCUT2D eigenvalue weighted by atomic mass is 16.5. The number of amides is 3. The summed E-state index contributed by atoms with van der Waals surface area (Å²) in [5.74, 6) is -0.754. The molecule has 3 amide bonds. The highest BCUT2D eigenvalue weighted by Crippen LogP contribution is 2.33. The first-order valence-corrected chi connectivity index (χ1v) is 8.38. The summed E-state index contributed by atoms with van der Waals surface area (Å²) in [6, 6.07) is 15.5. The predicted molar refractivity (Wildman–Crippen MR) is 95.3 cm³/mol. The minimum atomic E-state index is -1.06. The molecule has 2 aromatic rings. The Morgan fingerprint density at radius 3 is 2.50 bits per heavy atom. The minimum absolute atomic E-state index is 0.0874. The van der Waals surface area contributed by atoms with Crippen LogP contribution in [0.3, 0.4) is 0 Å². The Balaban J connectivity index is 1.89. The maximum Gasteiger partial charge on any atom is 0.337 e. The zero-order chi connectivity index (χ0) is 18.7. The standard InChI is InChI=1S/C20H20N2O4/c1-3-20(16-10-5-4-6-11-16)18(24)22(19(25)21-20)13-14-8-7-9-15(12-14)17(23)26-2/h4-12H,3,13H2,1-2H3,(H,21,25)/t20-/m1/s1. The summed E-state index contributed by atoms with van der Waals surface area (Å²) in [6.45, 7) is 1.96. The smallest absolute Gasteiger partial charge is 0.337 e. The van der Waals surface area contributed by atoms with Crippen LogP contribution in [0.2, 0.25) is 0 Å². The van der Waals surface area contributed by atoms with Gasteiger partial charge in [-0.3, -0.25) is 9.69 Å². The number of hydrogen-bond donors (Lipinski definition) is 1. The first-order valence-electron chi connectivity index (χ1n) is 8.38. The van der Waals surface area contributed by atoms with Crippen LogP contribution in [0.1, 0.15) is 34.8 Å². The number of rotatable bonds is 5. The van der Waals surface area contributed by atoms with E-state index in [1.54, 1.807) is 24.3 Å². The molecule has 0 spiro atoms. The summed E-state index contributed by atoms with van der Waals surface area (Å²) < 4.78 is 4.71. The van der Waals surface area contributed by atoms with Crippen molar-refractivity contribution in [2.75, 3.05) is 7.11 Å². The topological polar surface area (TPSA) is 75.7 Å². The molecule has 1 N–H and O–H groups in total. The lowest BCUT2D eigenvalue weighted by molar-refractivity contribution is -0.132. The van der Waals surface area contributed by atoms with Crippen LogP contribution in [0.25, 0.3) is 0 Å². The Kier molecular flexibility index (Phi) is 4.75. The van der Waals surface area contributed by atoms with Crippen molar-refractivity contribution in [2.24, 2.45) is 0 Å². The van der Waals surface area contributed by atoms with Gasteiger partial charge in [-0.2, -0.15) is 0 Å². The van der Waals surface area contributed by atoms with Crippen LogP contribution in [-0.4, -0.2) is 29.9 Å². The molecular formula is C20H20N2O4. The molecule has 0 saturated carbocycles. The molecule has 26 heavy (non-hydrogen) atoms. The Hall–Kier alpha value is -3.15.